The molecule has 1 N–H and O–H groups in total. The van der Waals surface area contributed by atoms with Gasteiger partial charge in [-0.3, -0.25) is 9.59 Å². The first kappa shape index (κ1) is 17.5. The first-order valence-corrected chi connectivity index (χ1v) is 8.67. The maximum atomic E-state index is 12.6. The van der Waals surface area contributed by atoms with E-state index < -0.39 is 6.10 Å². The number of ether oxygens (including phenoxy) is 1. The number of hydrogen-bond donors (Lipinski definition) is 1. The highest BCUT2D eigenvalue weighted by Crippen LogP contribution is 2.23. The van der Waals surface area contributed by atoms with Crippen molar-refractivity contribution >= 4 is 35.0 Å². The van der Waals surface area contributed by atoms with E-state index in [1.165, 1.54) is 0 Å². The molecule has 0 aromatic heterocycles. The Morgan fingerprint density at radius 1 is 1.12 bits per heavy atom. The first-order chi connectivity index (χ1) is 11.6. The third kappa shape index (κ3) is 3.83. The summed E-state index contributed by atoms with van der Waals surface area (Å²) in [5.74, 6) is -0.154. The molecule has 24 heavy (non-hydrogen) atoms. The second-order valence-corrected chi connectivity index (χ2v) is 6.65. The van der Waals surface area contributed by atoms with E-state index in [1.807, 2.05) is 0 Å². The first-order valence-electron chi connectivity index (χ1n) is 7.91. The quantitative estimate of drug-likeness (QED) is 0.850. The van der Waals surface area contributed by atoms with Gasteiger partial charge in [0.05, 0.1) is 17.2 Å². The number of carbonyl (C=O) groups excluding carboxylic acids is 2. The van der Waals surface area contributed by atoms with Crippen molar-refractivity contribution in [1.29, 1.82) is 0 Å². The number of piperazine rings is 1. The highest BCUT2D eigenvalue weighted by molar-refractivity contribution is 6.36. The highest BCUT2D eigenvalue weighted by atomic mass is 35.5. The summed E-state index contributed by atoms with van der Waals surface area (Å²) >= 11 is 12.0. The van der Waals surface area contributed by atoms with Crippen LogP contribution >= 0.6 is 23.2 Å². The Bertz CT molecular complexity index is 627. The summed E-state index contributed by atoms with van der Waals surface area (Å²) in [6.07, 6.45) is -0.424. The summed E-state index contributed by atoms with van der Waals surface area (Å²) in [4.78, 5) is 28.4. The van der Waals surface area contributed by atoms with E-state index in [9.17, 15) is 9.59 Å². The van der Waals surface area contributed by atoms with E-state index in [2.05, 4.69) is 5.32 Å². The van der Waals surface area contributed by atoms with Crippen molar-refractivity contribution in [2.75, 3.05) is 45.9 Å². The Hall–Kier alpha value is -1.34. The molecule has 2 aliphatic rings. The van der Waals surface area contributed by atoms with E-state index in [0.717, 1.165) is 6.54 Å². The number of hydrogen-bond acceptors (Lipinski definition) is 4. The van der Waals surface area contributed by atoms with Gasteiger partial charge >= 0.3 is 0 Å². The molecule has 0 spiro atoms. The zero-order valence-electron chi connectivity index (χ0n) is 13.1. The van der Waals surface area contributed by atoms with Gasteiger partial charge in [-0.2, -0.15) is 0 Å². The third-order valence-electron chi connectivity index (χ3n) is 4.24. The van der Waals surface area contributed by atoms with Crippen LogP contribution in [0.2, 0.25) is 10.0 Å². The van der Waals surface area contributed by atoms with Crippen molar-refractivity contribution in [3.05, 3.63) is 33.8 Å². The van der Waals surface area contributed by atoms with Gasteiger partial charge < -0.3 is 19.9 Å². The van der Waals surface area contributed by atoms with Gasteiger partial charge in [0.2, 0.25) is 0 Å². The van der Waals surface area contributed by atoms with Crippen LogP contribution in [0.25, 0.3) is 0 Å². The maximum absolute atomic E-state index is 12.6. The Morgan fingerprint density at radius 3 is 2.46 bits per heavy atom. The number of rotatable bonds is 2. The fraction of sp³-hybridized carbons (Fsp3) is 0.500. The Balaban J connectivity index is 1.58. The normalized spacial score (nSPS) is 21.7. The maximum Gasteiger partial charge on any atom is 0.255 e. The molecule has 1 aromatic carbocycles. The summed E-state index contributed by atoms with van der Waals surface area (Å²) in [6, 6.07) is 4.84. The molecular formula is C16H19Cl2N3O3. The molecule has 1 unspecified atom stereocenters. The van der Waals surface area contributed by atoms with Crippen molar-refractivity contribution in [2.45, 2.75) is 6.10 Å². The summed E-state index contributed by atoms with van der Waals surface area (Å²) in [5, 5.41) is 3.99. The minimum absolute atomic E-state index is 0.0150. The van der Waals surface area contributed by atoms with Crippen molar-refractivity contribution in [3.63, 3.8) is 0 Å². The molecular weight excluding hydrogens is 353 g/mol. The number of amides is 2. The fourth-order valence-electron chi connectivity index (χ4n) is 2.89. The number of carbonyl (C=O) groups is 2. The van der Waals surface area contributed by atoms with E-state index in [1.54, 1.807) is 28.0 Å². The summed E-state index contributed by atoms with van der Waals surface area (Å²) < 4.78 is 5.50. The van der Waals surface area contributed by atoms with Gasteiger partial charge in [0.1, 0.15) is 6.10 Å². The van der Waals surface area contributed by atoms with Crippen LogP contribution in [0.3, 0.4) is 0 Å². The van der Waals surface area contributed by atoms with Crippen LogP contribution in [0.4, 0.5) is 0 Å². The zero-order valence-corrected chi connectivity index (χ0v) is 14.6. The molecule has 6 nitrogen and oxygen atoms in total. The average Bonchev–Trinajstić information content (AvgIpc) is 2.61. The van der Waals surface area contributed by atoms with Crippen molar-refractivity contribution in [2.24, 2.45) is 0 Å². The van der Waals surface area contributed by atoms with Gasteiger partial charge in [0.15, 0.2) is 0 Å². The van der Waals surface area contributed by atoms with Crippen LogP contribution < -0.4 is 5.32 Å². The Morgan fingerprint density at radius 2 is 1.83 bits per heavy atom. The van der Waals surface area contributed by atoms with Gasteiger partial charge in [-0.25, -0.2) is 0 Å². The molecule has 3 rings (SSSR count). The van der Waals surface area contributed by atoms with E-state index >= 15 is 0 Å². The lowest BCUT2D eigenvalue weighted by Gasteiger charge is -2.37. The molecule has 8 heteroatoms. The minimum atomic E-state index is -0.424. The summed E-state index contributed by atoms with van der Waals surface area (Å²) in [7, 11) is 0. The standard InChI is InChI=1S/C16H19Cl2N3O3/c17-11-1-2-12(13(18)9-11)15(22)20-4-6-21(7-5-20)16(23)14-10-19-3-8-24-14/h1-2,9,14,19H,3-8,10H2. The monoisotopic (exact) mass is 371 g/mol. The molecule has 1 aromatic rings. The minimum Gasteiger partial charge on any atom is -0.366 e. The molecule has 130 valence electrons. The lowest BCUT2D eigenvalue weighted by Crippen LogP contribution is -2.56. The molecule has 2 fully saturated rings. The number of nitrogens with zero attached hydrogens (tertiary/aromatic N) is 2. The number of nitrogens with one attached hydrogen (secondary N) is 1. The summed E-state index contributed by atoms with van der Waals surface area (Å²) in [6.45, 7) is 3.80. The second-order valence-electron chi connectivity index (χ2n) is 5.81. The molecule has 0 bridgehead atoms. The fourth-order valence-corrected chi connectivity index (χ4v) is 3.38. The topological polar surface area (TPSA) is 61.9 Å². The van der Waals surface area contributed by atoms with Crippen LogP contribution in [0.15, 0.2) is 18.2 Å². The van der Waals surface area contributed by atoms with Crippen molar-refractivity contribution < 1.29 is 14.3 Å². The van der Waals surface area contributed by atoms with E-state index in [4.69, 9.17) is 27.9 Å². The van der Waals surface area contributed by atoms with Crippen molar-refractivity contribution in [3.8, 4) is 0 Å². The van der Waals surface area contributed by atoms with Crippen molar-refractivity contribution in [1.82, 2.24) is 15.1 Å². The number of benzene rings is 1. The molecule has 2 heterocycles. The van der Waals surface area contributed by atoms with Crippen LogP contribution in [0.5, 0.6) is 0 Å². The number of halogens is 2. The van der Waals surface area contributed by atoms with Crippen LogP contribution in [0, 0.1) is 0 Å². The predicted octanol–water partition coefficient (Wildman–Crippen LogP) is 1.27. The van der Waals surface area contributed by atoms with Crippen LogP contribution in [-0.4, -0.2) is 73.6 Å². The SMILES string of the molecule is O=C(c1ccc(Cl)cc1Cl)N1CCN(C(=O)C2CNCCO2)CC1. The predicted molar refractivity (Wildman–Crippen MR) is 91.6 cm³/mol. The zero-order chi connectivity index (χ0) is 17.1. The van der Waals surface area contributed by atoms with Crippen LogP contribution in [0.1, 0.15) is 10.4 Å². The van der Waals surface area contributed by atoms with Crippen LogP contribution in [-0.2, 0) is 9.53 Å². The summed E-state index contributed by atoms with van der Waals surface area (Å²) in [5.41, 5.74) is 0.431. The number of morpholine rings is 1. The van der Waals surface area contributed by atoms with Gasteiger partial charge in [0.25, 0.3) is 11.8 Å². The Labute approximate surface area is 150 Å². The highest BCUT2D eigenvalue weighted by Gasteiger charge is 2.31. The lowest BCUT2D eigenvalue weighted by molar-refractivity contribution is -0.146. The molecule has 0 radical (unpaired) electrons. The van der Waals surface area contributed by atoms with Gasteiger partial charge in [-0.15, -0.1) is 0 Å². The average molecular weight is 372 g/mol. The lowest BCUT2D eigenvalue weighted by atomic mass is 10.1. The molecule has 2 amide bonds. The molecule has 2 saturated heterocycles. The van der Waals surface area contributed by atoms with Gasteiger partial charge in [-0.1, -0.05) is 23.2 Å². The molecule has 0 saturated carbocycles. The molecule has 1 atom stereocenters. The Kier molecular flexibility index (Phi) is 5.61. The van der Waals surface area contributed by atoms with Gasteiger partial charge in [-0.05, 0) is 18.2 Å². The third-order valence-corrected chi connectivity index (χ3v) is 4.79. The molecule has 0 aliphatic carbocycles. The smallest absolute Gasteiger partial charge is 0.255 e. The second kappa shape index (κ2) is 7.70. The largest absolute Gasteiger partial charge is 0.366 e. The van der Waals surface area contributed by atoms with E-state index in [-0.39, 0.29) is 11.8 Å². The molecule has 2 aliphatic heterocycles. The van der Waals surface area contributed by atoms with E-state index in [0.29, 0.717) is 54.9 Å². The van der Waals surface area contributed by atoms with Gasteiger partial charge in [0, 0.05) is 44.3 Å².